The van der Waals surface area contributed by atoms with Gasteiger partial charge >= 0.3 is 0 Å². The summed E-state index contributed by atoms with van der Waals surface area (Å²) in [5.41, 5.74) is 1.25. The minimum Gasteiger partial charge on any atom is -0.395 e. The Balaban J connectivity index is 1.85. The first-order chi connectivity index (χ1) is 8.38. The van der Waals surface area contributed by atoms with E-state index >= 15 is 0 Å². The molecular formula is C14H17NOS. The van der Waals surface area contributed by atoms with Gasteiger partial charge in [-0.3, -0.25) is 0 Å². The third kappa shape index (κ3) is 3.97. The maximum Gasteiger partial charge on any atom is 0.0587 e. The molecule has 3 heteroatoms. The lowest BCUT2D eigenvalue weighted by atomic mass is 10.1. The minimum absolute atomic E-state index is 0.125. The highest BCUT2D eigenvalue weighted by molar-refractivity contribution is 7.09. The lowest BCUT2D eigenvalue weighted by molar-refractivity contribution is 0.241. The van der Waals surface area contributed by atoms with Crippen molar-refractivity contribution in [1.29, 1.82) is 0 Å². The van der Waals surface area contributed by atoms with Crippen molar-refractivity contribution in [3.05, 3.63) is 58.3 Å². The molecule has 0 amide bonds. The predicted octanol–water partition coefficient (Wildman–Crippen LogP) is 2.44. The first kappa shape index (κ1) is 12.3. The van der Waals surface area contributed by atoms with Crippen molar-refractivity contribution in [2.24, 2.45) is 0 Å². The number of thiophene rings is 1. The molecule has 1 aromatic heterocycles. The zero-order valence-corrected chi connectivity index (χ0v) is 10.5. The van der Waals surface area contributed by atoms with Gasteiger partial charge in [-0.1, -0.05) is 36.4 Å². The van der Waals surface area contributed by atoms with E-state index in [1.807, 2.05) is 24.3 Å². The summed E-state index contributed by atoms with van der Waals surface area (Å²) in [6, 6.07) is 14.5. The summed E-state index contributed by atoms with van der Waals surface area (Å²) in [6.07, 6.45) is 0.864. The molecule has 0 radical (unpaired) electrons. The molecule has 0 bridgehead atoms. The van der Waals surface area contributed by atoms with Gasteiger partial charge in [-0.15, -0.1) is 11.3 Å². The number of aliphatic hydroxyl groups excluding tert-OH is 1. The van der Waals surface area contributed by atoms with Crippen LogP contribution in [-0.2, 0) is 13.0 Å². The van der Waals surface area contributed by atoms with Gasteiger partial charge in [-0.05, 0) is 23.4 Å². The second-order valence-electron chi connectivity index (χ2n) is 4.03. The van der Waals surface area contributed by atoms with Crippen molar-refractivity contribution in [3.63, 3.8) is 0 Å². The van der Waals surface area contributed by atoms with E-state index in [-0.39, 0.29) is 12.6 Å². The first-order valence-electron chi connectivity index (χ1n) is 5.79. The van der Waals surface area contributed by atoms with Crippen LogP contribution < -0.4 is 5.32 Å². The fraction of sp³-hybridized carbons (Fsp3) is 0.286. The summed E-state index contributed by atoms with van der Waals surface area (Å²) >= 11 is 1.74. The van der Waals surface area contributed by atoms with Crippen LogP contribution in [0.2, 0.25) is 0 Å². The predicted molar refractivity (Wildman–Crippen MR) is 72.2 cm³/mol. The highest BCUT2D eigenvalue weighted by Crippen LogP contribution is 2.09. The molecule has 1 aromatic carbocycles. The van der Waals surface area contributed by atoms with E-state index < -0.39 is 0 Å². The van der Waals surface area contributed by atoms with Crippen LogP contribution >= 0.6 is 11.3 Å². The van der Waals surface area contributed by atoms with Crippen LogP contribution in [0.4, 0.5) is 0 Å². The quantitative estimate of drug-likeness (QED) is 0.822. The highest BCUT2D eigenvalue weighted by Gasteiger charge is 2.07. The number of nitrogens with one attached hydrogen (secondary N) is 1. The molecule has 1 atom stereocenters. The molecule has 2 nitrogen and oxygen atoms in total. The SMILES string of the molecule is OC[C@H](Cc1ccccc1)NCc1cccs1. The average Bonchev–Trinajstić information content (AvgIpc) is 2.89. The summed E-state index contributed by atoms with van der Waals surface area (Å²) in [5.74, 6) is 0. The molecule has 90 valence electrons. The Morgan fingerprint density at radius 1 is 1.12 bits per heavy atom. The molecule has 0 unspecified atom stereocenters. The summed E-state index contributed by atoms with van der Waals surface area (Å²) in [7, 11) is 0. The zero-order chi connectivity index (χ0) is 11.9. The topological polar surface area (TPSA) is 32.3 Å². The van der Waals surface area contributed by atoms with Crippen LogP contribution in [0.3, 0.4) is 0 Å². The molecule has 0 aliphatic carbocycles. The molecule has 17 heavy (non-hydrogen) atoms. The van der Waals surface area contributed by atoms with Crippen molar-refractivity contribution in [3.8, 4) is 0 Å². The summed E-state index contributed by atoms with van der Waals surface area (Å²) in [6.45, 7) is 0.996. The van der Waals surface area contributed by atoms with Gasteiger partial charge in [0, 0.05) is 17.5 Å². The van der Waals surface area contributed by atoms with Crippen LogP contribution in [0.15, 0.2) is 47.8 Å². The molecular weight excluding hydrogens is 230 g/mol. The largest absolute Gasteiger partial charge is 0.395 e. The third-order valence-electron chi connectivity index (χ3n) is 2.69. The molecule has 0 saturated heterocycles. The second kappa shape index (κ2) is 6.55. The van der Waals surface area contributed by atoms with Crippen LogP contribution in [0.25, 0.3) is 0 Å². The monoisotopic (exact) mass is 247 g/mol. The maximum atomic E-state index is 9.36. The van der Waals surface area contributed by atoms with Crippen molar-refractivity contribution in [2.75, 3.05) is 6.61 Å². The van der Waals surface area contributed by atoms with Crippen LogP contribution in [0.5, 0.6) is 0 Å². The fourth-order valence-electron chi connectivity index (χ4n) is 1.76. The molecule has 0 saturated carbocycles. The van der Waals surface area contributed by atoms with Crippen molar-refractivity contribution >= 4 is 11.3 Å². The Bertz CT molecular complexity index is 413. The van der Waals surface area contributed by atoms with Gasteiger partial charge in [-0.2, -0.15) is 0 Å². The zero-order valence-electron chi connectivity index (χ0n) is 9.67. The third-order valence-corrected chi connectivity index (χ3v) is 3.57. The van der Waals surface area contributed by atoms with Crippen molar-refractivity contribution in [1.82, 2.24) is 5.32 Å². The molecule has 2 aromatic rings. The fourth-order valence-corrected chi connectivity index (χ4v) is 2.41. The van der Waals surface area contributed by atoms with Gasteiger partial charge in [0.25, 0.3) is 0 Å². The number of hydrogen-bond donors (Lipinski definition) is 2. The number of benzene rings is 1. The van der Waals surface area contributed by atoms with Gasteiger partial charge in [0.15, 0.2) is 0 Å². The van der Waals surface area contributed by atoms with E-state index in [1.165, 1.54) is 10.4 Å². The van der Waals surface area contributed by atoms with E-state index in [2.05, 4.69) is 28.9 Å². The van der Waals surface area contributed by atoms with Gasteiger partial charge in [0.05, 0.1) is 6.61 Å². The smallest absolute Gasteiger partial charge is 0.0587 e. The van der Waals surface area contributed by atoms with Crippen LogP contribution in [-0.4, -0.2) is 17.8 Å². The maximum absolute atomic E-state index is 9.36. The van der Waals surface area contributed by atoms with E-state index in [1.54, 1.807) is 11.3 Å². The Kier molecular flexibility index (Phi) is 4.74. The number of rotatable bonds is 6. The first-order valence-corrected chi connectivity index (χ1v) is 6.67. The average molecular weight is 247 g/mol. The highest BCUT2D eigenvalue weighted by atomic mass is 32.1. The van der Waals surface area contributed by atoms with Gasteiger partial charge < -0.3 is 10.4 Å². The molecule has 2 N–H and O–H groups in total. The van der Waals surface area contributed by atoms with Crippen LogP contribution in [0.1, 0.15) is 10.4 Å². The Morgan fingerprint density at radius 3 is 2.59 bits per heavy atom. The standard InChI is InChI=1S/C14H17NOS/c16-11-13(9-12-5-2-1-3-6-12)15-10-14-7-4-8-17-14/h1-8,13,15-16H,9-11H2/t13-/m0/s1. The summed E-state index contributed by atoms with van der Waals surface area (Å²) in [5, 5.41) is 14.8. The molecule has 0 spiro atoms. The van der Waals surface area contributed by atoms with Crippen molar-refractivity contribution < 1.29 is 5.11 Å². The molecule has 1 heterocycles. The van der Waals surface area contributed by atoms with Gasteiger partial charge in [-0.25, -0.2) is 0 Å². The van der Waals surface area contributed by atoms with E-state index in [9.17, 15) is 5.11 Å². The van der Waals surface area contributed by atoms with E-state index in [0.29, 0.717) is 0 Å². The number of hydrogen-bond acceptors (Lipinski definition) is 3. The minimum atomic E-state index is 0.125. The van der Waals surface area contributed by atoms with E-state index in [0.717, 1.165) is 13.0 Å². The van der Waals surface area contributed by atoms with Crippen LogP contribution in [0, 0.1) is 0 Å². The molecule has 0 aliphatic heterocycles. The van der Waals surface area contributed by atoms with Gasteiger partial charge in [0.2, 0.25) is 0 Å². The molecule has 2 rings (SSSR count). The Morgan fingerprint density at radius 2 is 1.94 bits per heavy atom. The Hall–Kier alpha value is -1.16. The number of aliphatic hydroxyl groups is 1. The lowest BCUT2D eigenvalue weighted by Crippen LogP contribution is -2.33. The molecule has 0 fully saturated rings. The van der Waals surface area contributed by atoms with Crippen molar-refractivity contribution in [2.45, 2.75) is 19.0 Å². The normalized spacial score (nSPS) is 12.5. The Labute approximate surface area is 106 Å². The lowest BCUT2D eigenvalue weighted by Gasteiger charge is -2.15. The van der Waals surface area contributed by atoms with Gasteiger partial charge in [0.1, 0.15) is 0 Å². The van der Waals surface area contributed by atoms with E-state index in [4.69, 9.17) is 0 Å². The summed E-state index contributed by atoms with van der Waals surface area (Å²) < 4.78 is 0. The molecule has 0 aliphatic rings. The second-order valence-corrected chi connectivity index (χ2v) is 5.06. The summed E-state index contributed by atoms with van der Waals surface area (Å²) in [4.78, 5) is 1.30.